The van der Waals surface area contributed by atoms with Gasteiger partial charge in [0.2, 0.25) is 0 Å². The molecule has 64 valence electrons. The minimum atomic E-state index is 0.615. The molecule has 0 saturated carbocycles. The molecule has 0 spiro atoms. The molecule has 12 heavy (non-hydrogen) atoms. The van der Waals surface area contributed by atoms with Gasteiger partial charge in [-0.2, -0.15) is 5.26 Å². The first-order chi connectivity index (χ1) is 5.77. The van der Waals surface area contributed by atoms with E-state index in [1.807, 2.05) is 5.40 Å². The number of allylic oxidation sites excluding steroid dienone is 2. The van der Waals surface area contributed by atoms with Crippen molar-refractivity contribution in [3.8, 4) is 5.40 Å². The van der Waals surface area contributed by atoms with Gasteiger partial charge in [0.1, 0.15) is 11.7 Å². The second kappa shape index (κ2) is 4.32. The monoisotopic (exact) mass is 181 g/mol. The van der Waals surface area contributed by atoms with Crippen LogP contribution in [0.2, 0.25) is 0 Å². The molecule has 0 saturated heterocycles. The van der Waals surface area contributed by atoms with E-state index >= 15 is 0 Å². The summed E-state index contributed by atoms with van der Waals surface area (Å²) < 4.78 is 0. The average Bonchev–Trinajstić information content (AvgIpc) is 2.05. The normalized spacial score (nSPS) is 23.5. The minimum Gasteiger partial charge on any atom is -0.298 e. The second-order valence-corrected chi connectivity index (χ2v) is 3.99. The summed E-state index contributed by atoms with van der Waals surface area (Å²) >= 11 is 1.14. The van der Waals surface area contributed by atoms with Crippen LogP contribution in [0.4, 0.5) is 0 Å². The first-order valence-electron chi connectivity index (χ1n) is 4.01. The summed E-state index contributed by atoms with van der Waals surface area (Å²) in [6.07, 6.45) is 3.70. The molecule has 0 radical (unpaired) electrons. The number of carbonyl (C=O) groups is 1. The van der Waals surface area contributed by atoms with E-state index in [2.05, 4.69) is 6.92 Å². The SMILES string of the molecule is CC1CCC(C=O)=C(SC#N)C1. The van der Waals surface area contributed by atoms with Crippen LogP contribution in [0.3, 0.4) is 0 Å². The zero-order chi connectivity index (χ0) is 8.97. The standard InChI is InChI=1S/C9H11NOS/c1-7-2-3-8(5-11)9(4-7)12-6-10/h5,7H,2-4H2,1H3. The molecule has 0 N–H and O–H groups in total. The third-order valence-corrected chi connectivity index (χ3v) is 2.88. The van der Waals surface area contributed by atoms with Crippen molar-refractivity contribution in [2.45, 2.75) is 26.2 Å². The molecule has 0 aliphatic heterocycles. The largest absolute Gasteiger partial charge is 0.298 e. The van der Waals surface area contributed by atoms with E-state index < -0.39 is 0 Å². The Morgan fingerprint density at radius 1 is 1.75 bits per heavy atom. The minimum absolute atomic E-state index is 0.615. The molecule has 0 bridgehead atoms. The Balaban J connectivity index is 2.78. The Labute approximate surface area is 76.6 Å². The molecule has 1 rings (SSSR count). The van der Waals surface area contributed by atoms with E-state index in [1.54, 1.807) is 0 Å². The maximum Gasteiger partial charge on any atom is 0.146 e. The van der Waals surface area contributed by atoms with Crippen LogP contribution < -0.4 is 0 Å². The molecule has 2 nitrogen and oxygen atoms in total. The molecule has 1 unspecified atom stereocenters. The quantitative estimate of drug-likeness (QED) is 0.485. The topological polar surface area (TPSA) is 40.9 Å². The fourth-order valence-corrected chi connectivity index (χ4v) is 2.14. The average molecular weight is 181 g/mol. The lowest BCUT2D eigenvalue weighted by atomic mass is 9.91. The zero-order valence-electron chi connectivity index (χ0n) is 7.04. The first kappa shape index (κ1) is 9.34. The number of nitrogens with zero attached hydrogens (tertiary/aromatic N) is 1. The van der Waals surface area contributed by atoms with Crippen molar-refractivity contribution in [2.75, 3.05) is 0 Å². The highest BCUT2D eigenvalue weighted by Gasteiger charge is 2.17. The highest BCUT2D eigenvalue weighted by molar-refractivity contribution is 8.07. The van der Waals surface area contributed by atoms with Crippen LogP contribution in [-0.4, -0.2) is 6.29 Å². The van der Waals surface area contributed by atoms with Crippen molar-refractivity contribution in [2.24, 2.45) is 5.92 Å². The highest BCUT2D eigenvalue weighted by atomic mass is 32.2. The third kappa shape index (κ3) is 2.12. The summed E-state index contributed by atoms with van der Waals surface area (Å²) in [4.78, 5) is 11.5. The Morgan fingerprint density at radius 3 is 3.08 bits per heavy atom. The number of nitriles is 1. The molecular formula is C9H11NOS. The maximum absolute atomic E-state index is 10.6. The number of hydrogen-bond donors (Lipinski definition) is 0. The molecule has 0 aromatic heterocycles. The number of carbonyl (C=O) groups excluding carboxylic acids is 1. The third-order valence-electron chi connectivity index (χ3n) is 2.11. The summed E-state index contributed by atoms with van der Waals surface area (Å²) in [6.45, 7) is 2.15. The summed E-state index contributed by atoms with van der Waals surface area (Å²) in [7, 11) is 0. The van der Waals surface area contributed by atoms with E-state index in [4.69, 9.17) is 5.26 Å². The molecule has 1 atom stereocenters. The van der Waals surface area contributed by atoms with E-state index in [-0.39, 0.29) is 0 Å². The van der Waals surface area contributed by atoms with Crippen molar-refractivity contribution in [1.29, 1.82) is 5.26 Å². The summed E-state index contributed by atoms with van der Waals surface area (Å²) in [5, 5.41) is 10.5. The van der Waals surface area contributed by atoms with Crippen molar-refractivity contribution in [1.82, 2.24) is 0 Å². The molecule has 0 heterocycles. The lowest BCUT2D eigenvalue weighted by molar-refractivity contribution is -0.105. The predicted molar refractivity (Wildman–Crippen MR) is 49.3 cm³/mol. The zero-order valence-corrected chi connectivity index (χ0v) is 7.86. The van der Waals surface area contributed by atoms with E-state index in [1.165, 1.54) is 0 Å². The van der Waals surface area contributed by atoms with E-state index in [0.29, 0.717) is 5.92 Å². The van der Waals surface area contributed by atoms with Gasteiger partial charge in [-0.05, 0) is 36.9 Å². The molecule has 1 aliphatic carbocycles. The Kier molecular flexibility index (Phi) is 3.36. The molecule has 0 amide bonds. The van der Waals surface area contributed by atoms with Gasteiger partial charge in [-0.1, -0.05) is 6.92 Å². The fraction of sp³-hybridized carbons (Fsp3) is 0.556. The van der Waals surface area contributed by atoms with Crippen LogP contribution >= 0.6 is 11.8 Å². The van der Waals surface area contributed by atoms with Crippen LogP contribution in [0.25, 0.3) is 0 Å². The Morgan fingerprint density at radius 2 is 2.50 bits per heavy atom. The molecule has 1 aliphatic rings. The smallest absolute Gasteiger partial charge is 0.146 e. The van der Waals surface area contributed by atoms with Crippen LogP contribution in [-0.2, 0) is 4.79 Å². The molecular weight excluding hydrogens is 170 g/mol. The second-order valence-electron chi connectivity index (χ2n) is 3.11. The first-order valence-corrected chi connectivity index (χ1v) is 4.82. The maximum atomic E-state index is 10.6. The molecule has 0 fully saturated rings. The number of rotatable bonds is 2. The summed E-state index contributed by atoms with van der Waals surface area (Å²) in [5.41, 5.74) is 0.833. The number of hydrogen-bond acceptors (Lipinski definition) is 3. The van der Waals surface area contributed by atoms with Gasteiger partial charge in [-0.25, -0.2) is 0 Å². The van der Waals surface area contributed by atoms with E-state index in [9.17, 15) is 4.79 Å². The van der Waals surface area contributed by atoms with Crippen LogP contribution in [0.1, 0.15) is 26.2 Å². The Hall–Kier alpha value is -0.750. The van der Waals surface area contributed by atoms with Crippen molar-refractivity contribution >= 4 is 18.0 Å². The van der Waals surface area contributed by atoms with Gasteiger partial charge in [0.05, 0.1) is 0 Å². The van der Waals surface area contributed by atoms with Crippen molar-refractivity contribution in [3.05, 3.63) is 10.5 Å². The van der Waals surface area contributed by atoms with Gasteiger partial charge in [0, 0.05) is 10.5 Å². The van der Waals surface area contributed by atoms with Crippen molar-refractivity contribution in [3.63, 3.8) is 0 Å². The van der Waals surface area contributed by atoms with Gasteiger partial charge in [-0.15, -0.1) is 0 Å². The number of aldehydes is 1. The van der Waals surface area contributed by atoms with Gasteiger partial charge in [-0.3, -0.25) is 4.79 Å². The van der Waals surface area contributed by atoms with Gasteiger partial charge in [0.15, 0.2) is 0 Å². The van der Waals surface area contributed by atoms with Crippen LogP contribution in [0.5, 0.6) is 0 Å². The Bertz CT molecular complexity index is 252. The number of thioether (sulfide) groups is 1. The highest BCUT2D eigenvalue weighted by Crippen LogP contribution is 2.34. The van der Waals surface area contributed by atoms with Gasteiger partial charge in [0.25, 0.3) is 0 Å². The lowest BCUT2D eigenvalue weighted by Gasteiger charge is -2.19. The summed E-state index contributed by atoms with van der Waals surface area (Å²) in [6, 6.07) is 0. The van der Waals surface area contributed by atoms with Crippen LogP contribution in [0.15, 0.2) is 10.5 Å². The lowest BCUT2D eigenvalue weighted by Crippen LogP contribution is -2.06. The predicted octanol–water partition coefficient (Wildman–Crippen LogP) is 2.47. The molecule has 0 aromatic rings. The number of thiocyanates is 1. The van der Waals surface area contributed by atoms with E-state index in [0.717, 1.165) is 47.8 Å². The van der Waals surface area contributed by atoms with Crippen molar-refractivity contribution < 1.29 is 4.79 Å². The fourth-order valence-electron chi connectivity index (χ4n) is 1.38. The summed E-state index contributed by atoms with van der Waals surface area (Å²) in [5.74, 6) is 0.615. The van der Waals surface area contributed by atoms with Gasteiger partial charge >= 0.3 is 0 Å². The molecule has 3 heteroatoms. The molecule has 0 aromatic carbocycles. The van der Waals surface area contributed by atoms with Gasteiger partial charge < -0.3 is 0 Å². The van der Waals surface area contributed by atoms with Crippen LogP contribution in [0, 0.1) is 16.6 Å².